The van der Waals surface area contributed by atoms with Crippen molar-refractivity contribution in [1.29, 1.82) is 0 Å². The number of para-hydroxylation sites is 1. The van der Waals surface area contributed by atoms with Crippen LogP contribution in [0.5, 0.6) is 0 Å². The minimum Gasteiger partial charge on any atom is -0.454 e. The summed E-state index contributed by atoms with van der Waals surface area (Å²) in [5.74, 6) is 1.61. The average Bonchev–Trinajstić information content (AvgIpc) is 3.51. The third-order valence-electron chi connectivity index (χ3n) is 6.75. The molecule has 2 amide bonds. The smallest absolute Gasteiger partial charge is 0.290 e. The molecule has 0 unspecified atom stereocenters. The number of furan rings is 1. The number of amides is 2. The van der Waals surface area contributed by atoms with Crippen LogP contribution in [0.3, 0.4) is 0 Å². The molecule has 0 saturated carbocycles. The van der Waals surface area contributed by atoms with Gasteiger partial charge in [-0.3, -0.25) is 19.9 Å². The number of piperidine rings is 1. The largest absolute Gasteiger partial charge is 0.454 e. The lowest BCUT2D eigenvalue weighted by atomic mass is 9.97. The predicted molar refractivity (Wildman–Crippen MR) is 147 cm³/mol. The van der Waals surface area contributed by atoms with E-state index in [1.807, 2.05) is 42.6 Å². The van der Waals surface area contributed by atoms with Gasteiger partial charge in [-0.15, -0.1) is 0 Å². The Balaban J connectivity index is 1.01. The highest BCUT2D eigenvalue weighted by Crippen LogP contribution is 2.28. The average molecular weight is 527 g/mol. The number of pyridine rings is 1. The van der Waals surface area contributed by atoms with Crippen molar-refractivity contribution < 1.29 is 14.0 Å². The van der Waals surface area contributed by atoms with Crippen LogP contribution in [0.15, 0.2) is 70.2 Å². The van der Waals surface area contributed by atoms with Crippen LogP contribution < -0.4 is 15.5 Å². The summed E-state index contributed by atoms with van der Waals surface area (Å²) >= 11 is 0.889. The van der Waals surface area contributed by atoms with Crippen LogP contribution in [-0.4, -0.2) is 45.7 Å². The summed E-state index contributed by atoms with van der Waals surface area (Å²) < 4.78 is 5.97. The molecule has 6 rings (SSSR count). The number of nitrogens with one attached hydrogen (secondary N) is 2. The topological polar surface area (TPSA) is 113 Å². The van der Waals surface area contributed by atoms with Gasteiger partial charge in [-0.1, -0.05) is 18.2 Å². The molecule has 192 valence electrons. The number of fused-ring (bicyclic) bond motifs is 1. The molecule has 2 fully saturated rings. The number of carbonyl (C=O) groups excluding carboxylic acids is 2. The second-order valence-corrected chi connectivity index (χ2v) is 10.4. The summed E-state index contributed by atoms with van der Waals surface area (Å²) in [6, 6.07) is 15.9. The fourth-order valence-corrected chi connectivity index (χ4v) is 5.40. The van der Waals surface area contributed by atoms with Crippen molar-refractivity contribution in [3.05, 3.63) is 77.1 Å². The van der Waals surface area contributed by atoms with Crippen molar-refractivity contribution in [1.82, 2.24) is 25.6 Å². The van der Waals surface area contributed by atoms with E-state index in [9.17, 15) is 9.59 Å². The van der Waals surface area contributed by atoms with Crippen LogP contribution in [0.4, 0.5) is 10.7 Å². The van der Waals surface area contributed by atoms with Crippen molar-refractivity contribution in [3.8, 4) is 11.5 Å². The number of thioether (sulfide) groups is 1. The molecular formula is C28H26N6O3S. The van der Waals surface area contributed by atoms with E-state index in [0.29, 0.717) is 22.5 Å². The summed E-state index contributed by atoms with van der Waals surface area (Å²) in [5.41, 5.74) is 3.49. The van der Waals surface area contributed by atoms with E-state index in [4.69, 9.17) is 4.42 Å². The molecule has 2 aliphatic heterocycles. The maximum Gasteiger partial charge on any atom is 0.290 e. The van der Waals surface area contributed by atoms with Gasteiger partial charge in [0, 0.05) is 37.4 Å². The van der Waals surface area contributed by atoms with Crippen LogP contribution in [-0.2, 0) is 11.3 Å². The number of hydrogen-bond acceptors (Lipinski definition) is 9. The van der Waals surface area contributed by atoms with Gasteiger partial charge in [-0.25, -0.2) is 9.97 Å². The lowest BCUT2D eigenvalue weighted by Crippen LogP contribution is -2.38. The van der Waals surface area contributed by atoms with Gasteiger partial charge in [0.05, 0.1) is 10.6 Å². The van der Waals surface area contributed by atoms with Crippen molar-refractivity contribution in [2.75, 3.05) is 24.5 Å². The van der Waals surface area contributed by atoms with Crippen LogP contribution >= 0.6 is 11.8 Å². The van der Waals surface area contributed by atoms with Gasteiger partial charge in [0.1, 0.15) is 11.3 Å². The molecule has 5 heterocycles. The third-order valence-corrected chi connectivity index (χ3v) is 7.56. The fourth-order valence-electron chi connectivity index (χ4n) is 4.73. The first-order valence-electron chi connectivity index (χ1n) is 12.6. The molecule has 9 nitrogen and oxygen atoms in total. The number of aromatic nitrogens is 3. The first-order chi connectivity index (χ1) is 18.6. The summed E-state index contributed by atoms with van der Waals surface area (Å²) in [5, 5.41) is 6.58. The Bertz CT molecular complexity index is 1490. The minimum atomic E-state index is -0.383. The van der Waals surface area contributed by atoms with E-state index in [1.165, 1.54) is 5.56 Å². The Morgan fingerprint density at radius 3 is 2.74 bits per heavy atom. The molecule has 0 bridgehead atoms. The Morgan fingerprint density at radius 2 is 1.92 bits per heavy atom. The number of anilines is 1. The maximum atomic E-state index is 11.8. The normalized spacial score (nSPS) is 17.5. The third kappa shape index (κ3) is 5.46. The number of imide groups is 1. The lowest BCUT2D eigenvalue weighted by molar-refractivity contribution is -0.115. The zero-order valence-corrected chi connectivity index (χ0v) is 21.4. The molecule has 3 aromatic heterocycles. The highest BCUT2D eigenvalue weighted by atomic mass is 32.2. The summed E-state index contributed by atoms with van der Waals surface area (Å²) in [6.45, 7) is 3.43. The number of carbonyl (C=O) groups is 2. The first-order valence-corrected chi connectivity index (χ1v) is 13.4. The van der Waals surface area contributed by atoms with Gasteiger partial charge in [-0.05, 0) is 79.0 Å². The summed E-state index contributed by atoms with van der Waals surface area (Å²) in [4.78, 5) is 39.3. The lowest BCUT2D eigenvalue weighted by Gasteiger charge is -2.32. The standard InChI is InChI=1S/C28H26N6O3S/c35-26-25(38-28(36)33-26)15-21-6-10-31-27(32-21)34-11-7-18(8-12-34)16-29-17-19-5-9-30-22(13-19)24-14-20-3-1-2-4-23(20)37-24/h1-6,9-10,13-15,18,29H,7-8,11-12,16-17H2,(H,33,35,36). The van der Waals surface area contributed by atoms with E-state index in [1.54, 1.807) is 18.3 Å². The quantitative estimate of drug-likeness (QED) is 0.333. The Hall–Kier alpha value is -4.02. The second kappa shape index (κ2) is 10.8. The number of benzene rings is 1. The number of hydrogen-bond donors (Lipinski definition) is 2. The Morgan fingerprint density at radius 1 is 1.08 bits per heavy atom. The molecule has 2 aliphatic rings. The molecule has 0 spiro atoms. The Labute approximate surface area is 223 Å². The monoisotopic (exact) mass is 526 g/mol. The van der Waals surface area contributed by atoms with Gasteiger partial charge < -0.3 is 14.6 Å². The van der Waals surface area contributed by atoms with Gasteiger partial charge in [0.15, 0.2) is 5.76 Å². The molecule has 0 radical (unpaired) electrons. The second-order valence-electron chi connectivity index (χ2n) is 9.39. The van der Waals surface area contributed by atoms with Gasteiger partial charge in [-0.2, -0.15) is 0 Å². The number of rotatable bonds is 7. The molecule has 4 aromatic rings. The van der Waals surface area contributed by atoms with Crippen molar-refractivity contribution in [2.24, 2.45) is 5.92 Å². The molecule has 10 heteroatoms. The molecule has 38 heavy (non-hydrogen) atoms. The van der Waals surface area contributed by atoms with Crippen LogP contribution in [0.25, 0.3) is 28.5 Å². The van der Waals surface area contributed by atoms with E-state index in [-0.39, 0.29) is 11.1 Å². The van der Waals surface area contributed by atoms with E-state index < -0.39 is 0 Å². The molecule has 2 N–H and O–H groups in total. The maximum absolute atomic E-state index is 11.8. The zero-order valence-electron chi connectivity index (χ0n) is 20.6. The first kappa shape index (κ1) is 24.3. The highest BCUT2D eigenvalue weighted by Gasteiger charge is 2.25. The van der Waals surface area contributed by atoms with Crippen LogP contribution in [0.1, 0.15) is 24.1 Å². The molecule has 0 aliphatic carbocycles. The molecule has 0 atom stereocenters. The molecule has 2 saturated heterocycles. The van der Waals surface area contributed by atoms with Gasteiger partial charge in [0.25, 0.3) is 11.1 Å². The van der Waals surface area contributed by atoms with Crippen molar-refractivity contribution in [2.45, 2.75) is 19.4 Å². The summed E-state index contributed by atoms with van der Waals surface area (Å²) in [6.07, 6.45) is 7.23. The zero-order chi connectivity index (χ0) is 25.9. The number of nitrogens with zero attached hydrogens (tertiary/aromatic N) is 4. The highest BCUT2D eigenvalue weighted by molar-refractivity contribution is 8.18. The van der Waals surface area contributed by atoms with Gasteiger partial charge >= 0.3 is 0 Å². The molecular weight excluding hydrogens is 500 g/mol. The minimum absolute atomic E-state index is 0.350. The Kier molecular flexibility index (Phi) is 6.89. The molecule has 1 aromatic carbocycles. The SMILES string of the molecule is O=C1NC(=O)C(=Cc2ccnc(N3CCC(CNCc4ccnc(-c5cc6ccccc6o5)c4)CC3)n2)S1. The van der Waals surface area contributed by atoms with Crippen LogP contribution in [0, 0.1) is 5.92 Å². The van der Waals surface area contributed by atoms with E-state index in [2.05, 4.69) is 36.6 Å². The van der Waals surface area contributed by atoms with Gasteiger partial charge in [0.2, 0.25) is 5.95 Å². The van der Waals surface area contributed by atoms with Crippen molar-refractivity contribution in [3.63, 3.8) is 0 Å². The van der Waals surface area contributed by atoms with Crippen molar-refractivity contribution >= 4 is 45.9 Å². The fraction of sp³-hybridized carbons (Fsp3) is 0.250. The summed E-state index contributed by atoms with van der Waals surface area (Å²) in [7, 11) is 0. The van der Waals surface area contributed by atoms with Crippen LogP contribution in [0.2, 0.25) is 0 Å². The van der Waals surface area contributed by atoms with E-state index in [0.717, 1.165) is 73.2 Å². The predicted octanol–water partition coefficient (Wildman–Crippen LogP) is 4.61. The van der Waals surface area contributed by atoms with E-state index >= 15 is 0 Å².